The number of aromatic nitrogens is 1. The number of rotatable bonds is 4. The number of benzene rings is 2. The molecule has 0 atom stereocenters. The van der Waals surface area contributed by atoms with E-state index in [9.17, 15) is 14.0 Å². The van der Waals surface area contributed by atoms with E-state index in [1.165, 1.54) is 28.4 Å². The third-order valence-corrected chi connectivity index (χ3v) is 4.99. The van der Waals surface area contributed by atoms with Crippen molar-refractivity contribution in [2.75, 3.05) is 11.9 Å². The van der Waals surface area contributed by atoms with Gasteiger partial charge in [0.1, 0.15) is 12.4 Å². The minimum absolute atomic E-state index is 0.141. The van der Waals surface area contributed by atoms with E-state index in [1.54, 1.807) is 29.6 Å². The highest BCUT2D eigenvalue weighted by molar-refractivity contribution is 7.14. The summed E-state index contributed by atoms with van der Waals surface area (Å²) in [5, 5.41) is 4.89. The Labute approximate surface area is 158 Å². The summed E-state index contributed by atoms with van der Waals surface area (Å²) >= 11 is 1.26. The molecule has 1 N–H and O–H groups in total. The summed E-state index contributed by atoms with van der Waals surface area (Å²) in [6, 6.07) is 13.1. The molecule has 7 heteroatoms. The van der Waals surface area contributed by atoms with Crippen LogP contribution in [-0.4, -0.2) is 28.2 Å². The third-order valence-electron chi connectivity index (χ3n) is 4.23. The van der Waals surface area contributed by atoms with E-state index < -0.39 is 0 Å². The first-order valence-corrected chi connectivity index (χ1v) is 9.02. The minimum atomic E-state index is -0.364. The van der Waals surface area contributed by atoms with Gasteiger partial charge in [0, 0.05) is 27.8 Å². The van der Waals surface area contributed by atoms with Crippen LogP contribution in [0.5, 0.6) is 0 Å². The molecule has 0 aliphatic carbocycles. The molecule has 27 heavy (non-hydrogen) atoms. The Morgan fingerprint density at radius 1 is 1.15 bits per heavy atom. The molecule has 5 nitrogen and oxygen atoms in total. The van der Waals surface area contributed by atoms with E-state index in [2.05, 4.69) is 16.9 Å². The topological polar surface area (TPSA) is 62.3 Å². The molecule has 1 aromatic heterocycles. The molecule has 1 aliphatic heterocycles. The highest BCUT2D eigenvalue weighted by Gasteiger charge is 2.31. The molecule has 0 saturated carbocycles. The van der Waals surface area contributed by atoms with E-state index in [4.69, 9.17) is 0 Å². The molecule has 2 amide bonds. The van der Waals surface area contributed by atoms with Gasteiger partial charge in [0.05, 0.1) is 5.69 Å². The second-order valence-electron chi connectivity index (χ2n) is 5.98. The normalized spacial score (nSPS) is 13.0. The first-order valence-electron chi connectivity index (χ1n) is 8.14. The van der Waals surface area contributed by atoms with Crippen LogP contribution in [0.3, 0.4) is 0 Å². The minimum Gasteiger partial charge on any atom is -0.300 e. The lowest BCUT2D eigenvalue weighted by Crippen LogP contribution is -2.32. The molecule has 4 rings (SSSR count). The largest absolute Gasteiger partial charge is 0.300 e. The molecule has 0 fully saturated rings. The Morgan fingerprint density at radius 3 is 2.56 bits per heavy atom. The predicted molar refractivity (Wildman–Crippen MR) is 103 cm³/mol. The van der Waals surface area contributed by atoms with Crippen molar-refractivity contribution in [2.24, 2.45) is 0 Å². The molecule has 2 heterocycles. The highest BCUT2D eigenvalue weighted by atomic mass is 32.1. The van der Waals surface area contributed by atoms with E-state index in [1.807, 2.05) is 12.1 Å². The zero-order valence-corrected chi connectivity index (χ0v) is 14.9. The quantitative estimate of drug-likeness (QED) is 0.745. The van der Waals surface area contributed by atoms with Crippen LogP contribution < -0.4 is 5.32 Å². The number of carbonyl (C=O) groups is 2. The predicted octanol–water partition coefficient (Wildman–Crippen LogP) is 4.01. The summed E-state index contributed by atoms with van der Waals surface area (Å²) in [7, 11) is 0. The number of anilines is 1. The number of carbonyl (C=O) groups excluding carboxylic acids is 2. The zero-order valence-electron chi connectivity index (χ0n) is 14.1. The molecule has 1 aliphatic rings. The van der Waals surface area contributed by atoms with Crippen LogP contribution in [0.15, 0.2) is 60.5 Å². The summed E-state index contributed by atoms with van der Waals surface area (Å²) < 4.78 is 13.0. The van der Waals surface area contributed by atoms with Crippen molar-refractivity contribution in [1.82, 2.24) is 9.88 Å². The van der Waals surface area contributed by atoms with Crippen molar-refractivity contribution in [2.45, 2.75) is 0 Å². The fraction of sp³-hybridized carbons (Fsp3) is 0.0500. The summed E-state index contributed by atoms with van der Waals surface area (Å²) in [6.45, 7) is 3.78. The van der Waals surface area contributed by atoms with Gasteiger partial charge in [-0.15, -0.1) is 11.3 Å². The number of hydrogen-bond donors (Lipinski definition) is 1. The second kappa shape index (κ2) is 6.77. The van der Waals surface area contributed by atoms with Crippen molar-refractivity contribution >= 4 is 34.0 Å². The Kier molecular flexibility index (Phi) is 4.29. The number of amides is 2. The Balaban J connectivity index is 1.44. The van der Waals surface area contributed by atoms with E-state index in [0.29, 0.717) is 22.1 Å². The number of nitrogens with zero attached hydrogens (tertiary/aromatic N) is 2. The van der Waals surface area contributed by atoms with E-state index in [-0.39, 0.29) is 24.2 Å². The van der Waals surface area contributed by atoms with Gasteiger partial charge >= 0.3 is 0 Å². The van der Waals surface area contributed by atoms with Gasteiger partial charge in [-0.2, -0.15) is 0 Å². The van der Waals surface area contributed by atoms with Gasteiger partial charge in [0.2, 0.25) is 5.91 Å². The zero-order chi connectivity index (χ0) is 19.0. The number of nitrogens with one attached hydrogen (secondary N) is 1. The molecule has 0 unspecified atom stereocenters. The van der Waals surface area contributed by atoms with Crippen molar-refractivity contribution in [3.05, 3.63) is 77.4 Å². The van der Waals surface area contributed by atoms with Crippen molar-refractivity contribution in [3.8, 4) is 11.3 Å². The molecule has 2 aromatic carbocycles. The van der Waals surface area contributed by atoms with Crippen LogP contribution in [0.25, 0.3) is 17.0 Å². The SMILES string of the molecule is C=C1c2ccccc2C(=O)N1CC(=O)Nc1nc(-c2ccc(F)cc2)cs1. The Morgan fingerprint density at radius 2 is 1.85 bits per heavy atom. The lowest BCUT2D eigenvalue weighted by molar-refractivity contribution is -0.116. The van der Waals surface area contributed by atoms with E-state index in [0.717, 1.165) is 11.1 Å². The highest BCUT2D eigenvalue weighted by Crippen LogP contribution is 2.31. The number of halogens is 1. The number of fused-ring (bicyclic) bond motifs is 1. The van der Waals surface area contributed by atoms with Crippen LogP contribution in [0.2, 0.25) is 0 Å². The van der Waals surface area contributed by atoms with Gasteiger partial charge in [0.15, 0.2) is 5.13 Å². The average Bonchev–Trinajstić information content (AvgIpc) is 3.22. The maximum absolute atomic E-state index is 13.0. The summed E-state index contributed by atoms with van der Waals surface area (Å²) in [4.78, 5) is 30.5. The lowest BCUT2D eigenvalue weighted by Gasteiger charge is -2.16. The lowest BCUT2D eigenvalue weighted by atomic mass is 10.1. The monoisotopic (exact) mass is 379 g/mol. The van der Waals surface area contributed by atoms with Crippen molar-refractivity contribution < 1.29 is 14.0 Å². The van der Waals surface area contributed by atoms with Gasteiger partial charge in [-0.1, -0.05) is 24.8 Å². The van der Waals surface area contributed by atoms with Crippen LogP contribution in [0, 0.1) is 5.82 Å². The fourth-order valence-corrected chi connectivity index (χ4v) is 3.62. The Hall–Kier alpha value is -3.32. The average molecular weight is 379 g/mol. The molecular formula is C20H14FN3O2S. The molecule has 0 radical (unpaired) electrons. The van der Waals surface area contributed by atoms with Gasteiger partial charge in [-0.25, -0.2) is 9.37 Å². The third kappa shape index (κ3) is 3.24. The maximum atomic E-state index is 13.0. The van der Waals surface area contributed by atoms with Gasteiger partial charge < -0.3 is 5.32 Å². The van der Waals surface area contributed by atoms with Gasteiger partial charge in [-0.05, 0) is 30.3 Å². The van der Waals surface area contributed by atoms with Crippen LogP contribution in [-0.2, 0) is 4.79 Å². The number of hydrogen-bond acceptors (Lipinski definition) is 4. The molecular weight excluding hydrogens is 365 g/mol. The molecule has 134 valence electrons. The second-order valence-corrected chi connectivity index (χ2v) is 6.83. The fourth-order valence-electron chi connectivity index (χ4n) is 2.89. The maximum Gasteiger partial charge on any atom is 0.259 e. The molecule has 0 spiro atoms. The van der Waals surface area contributed by atoms with Gasteiger partial charge in [0.25, 0.3) is 5.91 Å². The van der Waals surface area contributed by atoms with Crippen molar-refractivity contribution in [3.63, 3.8) is 0 Å². The van der Waals surface area contributed by atoms with Gasteiger partial charge in [-0.3, -0.25) is 14.5 Å². The van der Waals surface area contributed by atoms with Crippen LogP contribution in [0.1, 0.15) is 15.9 Å². The summed E-state index contributed by atoms with van der Waals surface area (Å²) in [5.74, 6) is -0.923. The Bertz CT molecular complexity index is 1020. The number of thiazole rings is 1. The first-order chi connectivity index (χ1) is 13.0. The molecule has 0 bridgehead atoms. The summed E-state index contributed by atoms with van der Waals surface area (Å²) in [5.41, 5.74) is 3.19. The standard InChI is InChI=1S/C20H14FN3O2S/c1-12-15-4-2-3-5-16(15)19(26)24(12)10-18(25)23-20-22-17(11-27-20)13-6-8-14(21)9-7-13/h2-9,11H,1,10H2,(H,22,23,25). The first kappa shape index (κ1) is 17.1. The molecule has 3 aromatic rings. The van der Waals surface area contributed by atoms with Crippen molar-refractivity contribution in [1.29, 1.82) is 0 Å². The van der Waals surface area contributed by atoms with Crippen LogP contribution >= 0.6 is 11.3 Å². The smallest absolute Gasteiger partial charge is 0.259 e. The molecule has 0 saturated heterocycles. The summed E-state index contributed by atoms with van der Waals surface area (Å²) in [6.07, 6.45) is 0. The van der Waals surface area contributed by atoms with Crippen LogP contribution in [0.4, 0.5) is 9.52 Å². The van der Waals surface area contributed by atoms with E-state index >= 15 is 0 Å².